The molecule has 21 heavy (non-hydrogen) atoms. The Kier molecular flexibility index (Phi) is 5.19. The van der Waals surface area contributed by atoms with E-state index in [1.54, 1.807) is 0 Å². The quantitative estimate of drug-likeness (QED) is 0.436. The van der Waals surface area contributed by atoms with Crippen molar-refractivity contribution in [1.29, 1.82) is 0 Å². The van der Waals surface area contributed by atoms with Crippen LogP contribution in [0.1, 0.15) is 22.3 Å². The van der Waals surface area contributed by atoms with Crippen molar-refractivity contribution in [2.45, 2.75) is 28.2 Å². The van der Waals surface area contributed by atoms with Gasteiger partial charge in [-0.1, -0.05) is 15.9 Å². The molecule has 0 N–H and O–H groups in total. The molecular formula is C13H11BrF4O2S. The van der Waals surface area contributed by atoms with Gasteiger partial charge in [0.15, 0.2) is 0 Å². The van der Waals surface area contributed by atoms with Crippen molar-refractivity contribution >= 4 is 33.7 Å². The average molecular weight is 387 g/mol. The van der Waals surface area contributed by atoms with Crippen LogP contribution in [0.5, 0.6) is 0 Å². The molecule has 0 saturated carbocycles. The number of carbonyl (C=O) groups is 1. The summed E-state index contributed by atoms with van der Waals surface area (Å²) in [6.07, 6.45) is -5.16. The van der Waals surface area contributed by atoms with Gasteiger partial charge in [-0.25, -0.2) is 9.18 Å². The van der Waals surface area contributed by atoms with Gasteiger partial charge in [-0.3, -0.25) is 0 Å². The van der Waals surface area contributed by atoms with Crippen molar-refractivity contribution in [2.75, 3.05) is 6.61 Å². The monoisotopic (exact) mass is 386 g/mol. The number of hydrogen-bond donors (Lipinski definition) is 0. The molecule has 0 unspecified atom stereocenters. The second-order valence-electron chi connectivity index (χ2n) is 4.53. The number of alkyl halides is 5. The van der Waals surface area contributed by atoms with Gasteiger partial charge >= 0.3 is 12.1 Å². The van der Waals surface area contributed by atoms with E-state index in [1.807, 2.05) is 0 Å². The number of hydrogen-bond acceptors (Lipinski definition) is 3. The molecule has 0 aliphatic carbocycles. The maximum absolute atomic E-state index is 13.3. The Morgan fingerprint density at radius 2 is 1.95 bits per heavy atom. The molecule has 2 nitrogen and oxygen atoms in total. The van der Waals surface area contributed by atoms with Crippen LogP contribution >= 0.6 is 27.7 Å². The third-order valence-electron chi connectivity index (χ3n) is 2.94. The van der Waals surface area contributed by atoms with Crippen LogP contribution in [0.25, 0.3) is 0 Å². The molecule has 2 rings (SSSR count). The molecule has 0 aromatic heterocycles. The number of thioether (sulfide) groups is 1. The zero-order chi connectivity index (χ0) is 15.6. The first-order valence-corrected chi connectivity index (χ1v) is 7.91. The van der Waals surface area contributed by atoms with Crippen LogP contribution in [-0.2, 0) is 10.9 Å². The predicted molar refractivity (Wildman–Crippen MR) is 75.3 cm³/mol. The summed E-state index contributed by atoms with van der Waals surface area (Å²) in [5.41, 5.74) is -0.786. The van der Waals surface area contributed by atoms with E-state index < -0.39 is 23.9 Å². The Labute approximate surface area is 131 Å². The molecule has 0 spiro atoms. The first-order chi connectivity index (χ1) is 9.77. The highest BCUT2D eigenvalue weighted by atomic mass is 79.9. The summed E-state index contributed by atoms with van der Waals surface area (Å²) in [5.74, 6) is -0.710. The highest BCUT2D eigenvalue weighted by Crippen LogP contribution is 2.39. The van der Waals surface area contributed by atoms with Crippen LogP contribution in [0.3, 0.4) is 0 Å². The lowest BCUT2D eigenvalue weighted by Gasteiger charge is -2.10. The van der Waals surface area contributed by atoms with Crippen molar-refractivity contribution in [3.8, 4) is 0 Å². The molecule has 1 aromatic carbocycles. The molecule has 0 radical (unpaired) electrons. The fraction of sp³-hybridized carbons (Fsp3) is 0.462. The third-order valence-corrected chi connectivity index (χ3v) is 5.43. The molecule has 1 aromatic rings. The molecule has 0 amide bonds. The van der Waals surface area contributed by atoms with E-state index in [2.05, 4.69) is 15.9 Å². The topological polar surface area (TPSA) is 26.3 Å². The van der Waals surface area contributed by atoms with Gasteiger partial charge in [0, 0.05) is 5.25 Å². The summed E-state index contributed by atoms with van der Waals surface area (Å²) in [6, 6.07) is 3.79. The molecule has 8 heteroatoms. The number of esters is 1. The maximum atomic E-state index is 13.3. The SMILES string of the molecule is O=C(OC[C@@H]1C[C@H](F)[C@@H](Br)S1)c1ccc(C(F)(F)F)cc1. The normalized spacial score (nSPS) is 25.9. The Morgan fingerprint density at radius 3 is 2.43 bits per heavy atom. The standard InChI is InChI=1S/C13H11BrF4O2S/c14-11-10(15)5-9(21-11)6-20-12(19)7-1-3-8(4-2-7)13(16,17)18/h1-4,9-11H,5-6H2/t9-,10-,11-/m0/s1. The van der Waals surface area contributed by atoms with Crippen LogP contribution in [0.4, 0.5) is 17.6 Å². The van der Waals surface area contributed by atoms with Crippen LogP contribution < -0.4 is 0 Å². The zero-order valence-corrected chi connectivity index (χ0v) is 13.0. The first-order valence-electron chi connectivity index (χ1n) is 6.05. The maximum Gasteiger partial charge on any atom is 0.416 e. The van der Waals surface area contributed by atoms with Crippen LogP contribution in [0.15, 0.2) is 24.3 Å². The van der Waals surface area contributed by atoms with Gasteiger partial charge in [0.05, 0.1) is 15.3 Å². The third kappa shape index (κ3) is 4.35. The molecule has 1 fully saturated rings. The van der Waals surface area contributed by atoms with Gasteiger partial charge in [-0.2, -0.15) is 13.2 Å². The van der Waals surface area contributed by atoms with E-state index in [0.717, 1.165) is 24.3 Å². The Hall–Kier alpha value is -0.760. The van der Waals surface area contributed by atoms with Crippen LogP contribution in [0.2, 0.25) is 0 Å². The largest absolute Gasteiger partial charge is 0.461 e. The number of benzene rings is 1. The molecule has 1 aliphatic rings. The van der Waals surface area contributed by atoms with Gasteiger partial charge in [0.2, 0.25) is 0 Å². The Bertz CT molecular complexity index is 496. The van der Waals surface area contributed by atoms with E-state index >= 15 is 0 Å². The molecule has 3 atom stereocenters. The second-order valence-corrected chi connectivity index (χ2v) is 7.57. The summed E-state index contributed by atoms with van der Waals surface area (Å²) in [4.78, 5) is 11.7. The smallest absolute Gasteiger partial charge is 0.416 e. The minimum absolute atomic E-state index is 0.0348. The predicted octanol–water partition coefficient (Wildman–Crippen LogP) is 4.43. The van der Waals surface area contributed by atoms with Gasteiger partial charge in [0.25, 0.3) is 0 Å². The Morgan fingerprint density at radius 1 is 1.33 bits per heavy atom. The lowest BCUT2D eigenvalue weighted by Crippen LogP contribution is -2.15. The van der Waals surface area contributed by atoms with Gasteiger partial charge in [0.1, 0.15) is 12.8 Å². The summed E-state index contributed by atoms with van der Waals surface area (Å²) in [5, 5.41) is -0.150. The number of ether oxygens (including phenoxy) is 1. The zero-order valence-electron chi connectivity index (χ0n) is 10.6. The van der Waals surface area contributed by atoms with Crippen molar-refractivity contribution in [1.82, 2.24) is 0 Å². The van der Waals surface area contributed by atoms with E-state index in [0.29, 0.717) is 0 Å². The number of rotatable bonds is 3. The fourth-order valence-electron chi connectivity index (χ4n) is 1.84. The molecule has 1 heterocycles. The molecule has 116 valence electrons. The molecule has 1 aliphatic heterocycles. The van der Waals surface area contributed by atoms with E-state index in [4.69, 9.17) is 4.74 Å². The average Bonchev–Trinajstić information content (AvgIpc) is 2.74. The van der Waals surface area contributed by atoms with E-state index in [9.17, 15) is 22.4 Å². The summed E-state index contributed by atoms with van der Waals surface area (Å²) >= 11 is 4.50. The summed E-state index contributed by atoms with van der Waals surface area (Å²) in [7, 11) is 0. The minimum Gasteiger partial charge on any atom is -0.461 e. The minimum atomic E-state index is -4.44. The summed E-state index contributed by atoms with van der Waals surface area (Å²) < 4.78 is 55.1. The molecular weight excluding hydrogens is 376 g/mol. The Balaban J connectivity index is 1.89. The van der Waals surface area contributed by atoms with E-state index in [-0.39, 0.29) is 28.0 Å². The van der Waals surface area contributed by atoms with E-state index in [1.165, 1.54) is 11.8 Å². The molecule has 0 bridgehead atoms. The lowest BCUT2D eigenvalue weighted by molar-refractivity contribution is -0.137. The van der Waals surface area contributed by atoms with Crippen molar-refractivity contribution < 1.29 is 27.1 Å². The van der Waals surface area contributed by atoms with Crippen LogP contribution in [-0.4, -0.2) is 28.2 Å². The van der Waals surface area contributed by atoms with Crippen molar-refractivity contribution in [2.24, 2.45) is 0 Å². The first kappa shape index (κ1) is 16.6. The highest BCUT2D eigenvalue weighted by Gasteiger charge is 2.34. The fourth-order valence-corrected chi connectivity index (χ4v) is 4.06. The van der Waals surface area contributed by atoms with Crippen LogP contribution in [0, 0.1) is 0 Å². The number of halogens is 5. The van der Waals surface area contributed by atoms with Gasteiger partial charge in [-0.15, -0.1) is 11.8 Å². The second kappa shape index (κ2) is 6.56. The molecule has 1 saturated heterocycles. The van der Waals surface area contributed by atoms with Crippen molar-refractivity contribution in [3.63, 3.8) is 0 Å². The summed E-state index contributed by atoms with van der Waals surface area (Å²) in [6.45, 7) is 0.0348. The number of carbonyl (C=O) groups excluding carboxylic acids is 1. The highest BCUT2D eigenvalue weighted by molar-refractivity contribution is 9.11. The van der Waals surface area contributed by atoms with Crippen molar-refractivity contribution in [3.05, 3.63) is 35.4 Å². The van der Waals surface area contributed by atoms with Gasteiger partial charge < -0.3 is 4.74 Å². The lowest BCUT2D eigenvalue weighted by atomic mass is 10.1. The van der Waals surface area contributed by atoms with Gasteiger partial charge in [-0.05, 0) is 30.7 Å².